The van der Waals surface area contributed by atoms with Gasteiger partial charge in [-0.15, -0.1) is 0 Å². The normalized spacial score (nSPS) is 12.4. The quantitative estimate of drug-likeness (QED) is 0.920. The molecule has 2 aromatic rings. The second-order valence-corrected chi connectivity index (χ2v) is 5.68. The Balaban J connectivity index is 2.16. The van der Waals surface area contributed by atoms with Crippen LogP contribution in [0.5, 0.6) is 0 Å². The maximum absolute atomic E-state index is 12.3. The van der Waals surface area contributed by atoms with Crippen molar-refractivity contribution in [3.8, 4) is 0 Å². The van der Waals surface area contributed by atoms with Gasteiger partial charge in [-0.05, 0) is 31.8 Å². The van der Waals surface area contributed by atoms with Crippen LogP contribution in [0.25, 0.3) is 0 Å². The summed E-state index contributed by atoms with van der Waals surface area (Å²) in [5, 5.41) is 7.74. The Kier molecular flexibility index (Phi) is 4.98. The molecule has 0 unspecified atom stereocenters. The predicted molar refractivity (Wildman–Crippen MR) is 83.4 cm³/mol. The van der Waals surface area contributed by atoms with Crippen LogP contribution in [0.2, 0.25) is 5.02 Å². The third kappa shape index (κ3) is 4.31. The lowest BCUT2D eigenvalue weighted by atomic mass is 10.1. The van der Waals surface area contributed by atoms with E-state index in [1.54, 1.807) is 24.1 Å². The minimum Gasteiger partial charge on any atom is -0.344 e. The number of hydrogen-bond acceptors (Lipinski definition) is 3. The summed E-state index contributed by atoms with van der Waals surface area (Å²) in [6, 6.07) is 7.41. The molecule has 1 amide bonds. The number of aromatic nitrogens is 2. The van der Waals surface area contributed by atoms with E-state index in [4.69, 9.17) is 11.6 Å². The van der Waals surface area contributed by atoms with Crippen molar-refractivity contribution in [3.05, 3.63) is 52.8 Å². The van der Waals surface area contributed by atoms with Crippen molar-refractivity contribution in [2.24, 2.45) is 7.05 Å². The molecule has 1 aromatic heterocycles. The molecule has 0 spiro atoms. The molecule has 5 nitrogen and oxygen atoms in total. The first-order valence-electron chi connectivity index (χ1n) is 6.65. The Bertz CT molecular complexity index is 606. The van der Waals surface area contributed by atoms with Gasteiger partial charge < -0.3 is 10.2 Å². The molecule has 1 heterocycles. The lowest BCUT2D eigenvalue weighted by Gasteiger charge is -2.22. The number of carbonyl (C=O) groups is 1. The van der Waals surface area contributed by atoms with Gasteiger partial charge in [0.05, 0.1) is 17.8 Å². The molecule has 0 radical (unpaired) electrons. The number of benzene rings is 1. The standard InChI is InChI=1S/C15H19ClN4O/c1-19(2)10-14(11-4-6-13(16)7-5-11)18-15(21)12-8-17-20(3)9-12/h4-9,14H,10H2,1-3H3,(H,18,21)/t14-/m1/s1. The molecular weight excluding hydrogens is 288 g/mol. The smallest absolute Gasteiger partial charge is 0.254 e. The summed E-state index contributed by atoms with van der Waals surface area (Å²) in [6.07, 6.45) is 3.26. The van der Waals surface area contributed by atoms with Gasteiger partial charge in [0.25, 0.3) is 5.91 Å². The highest BCUT2D eigenvalue weighted by molar-refractivity contribution is 6.30. The molecule has 21 heavy (non-hydrogen) atoms. The molecule has 1 aromatic carbocycles. The summed E-state index contributed by atoms with van der Waals surface area (Å²) >= 11 is 5.92. The van der Waals surface area contributed by atoms with Crippen molar-refractivity contribution < 1.29 is 4.79 Å². The van der Waals surface area contributed by atoms with Crippen molar-refractivity contribution in [1.29, 1.82) is 0 Å². The fraction of sp³-hybridized carbons (Fsp3) is 0.333. The van der Waals surface area contributed by atoms with E-state index in [2.05, 4.69) is 10.4 Å². The largest absolute Gasteiger partial charge is 0.344 e. The Labute approximate surface area is 129 Å². The zero-order valence-corrected chi connectivity index (χ0v) is 13.1. The number of hydrogen-bond donors (Lipinski definition) is 1. The summed E-state index contributed by atoms with van der Waals surface area (Å²) in [4.78, 5) is 14.3. The van der Waals surface area contributed by atoms with Crippen LogP contribution in [-0.2, 0) is 7.05 Å². The van der Waals surface area contributed by atoms with Crippen molar-refractivity contribution in [2.45, 2.75) is 6.04 Å². The second-order valence-electron chi connectivity index (χ2n) is 5.24. The summed E-state index contributed by atoms with van der Waals surface area (Å²) < 4.78 is 1.61. The summed E-state index contributed by atoms with van der Waals surface area (Å²) in [6.45, 7) is 0.702. The molecule has 0 saturated carbocycles. The lowest BCUT2D eigenvalue weighted by molar-refractivity contribution is 0.0930. The van der Waals surface area contributed by atoms with E-state index in [1.807, 2.05) is 43.3 Å². The van der Waals surface area contributed by atoms with E-state index in [9.17, 15) is 4.79 Å². The molecule has 1 N–H and O–H groups in total. The predicted octanol–water partition coefficient (Wildman–Crippen LogP) is 2.11. The van der Waals surface area contributed by atoms with Crippen LogP contribution in [-0.4, -0.2) is 41.2 Å². The van der Waals surface area contributed by atoms with E-state index in [1.165, 1.54) is 0 Å². The molecule has 0 fully saturated rings. The van der Waals surface area contributed by atoms with Gasteiger partial charge in [0.15, 0.2) is 0 Å². The van der Waals surface area contributed by atoms with Crippen LogP contribution in [0.15, 0.2) is 36.7 Å². The van der Waals surface area contributed by atoms with Gasteiger partial charge in [0.1, 0.15) is 0 Å². The average molecular weight is 307 g/mol. The van der Waals surface area contributed by atoms with Gasteiger partial charge in [-0.25, -0.2) is 0 Å². The first kappa shape index (κ1) is 15.5. The maximum Gasteiger partial charge on any atom is 0.254 e. The zero-order chi connectivity index (χ0) is 15.4. The monoisotopic (exact) mass is 306 g/mol. The van der Waals surface area contributed by atoms with Crippen LogP contribution in [0, 0.1) is 0 Å². The van der Waals surface area contributed by atoms with Gasteiger partial charge in [-0.3, -0.25) is 9.48 Å². The molecule has 1 atom stereocenters. The molecule has 0 bridgehead atoms. The van der Waals surface area contributed by atoms with Gasteiger partial charge in [0.2, 0.25) is 0 Å². The molecule has 6 heteroatoms. The number of nitrogens with one attached hydrogen (secondary N) is 1. The first-order chi connectivity index (χ1) is 9.95. The Morgan fingerprint density at radius 2 is 2.05 bits per heavy atom. The molecule has 0 saturated heterocycles. The number of nitrogens with zero attached hydrogens (tertiary/aromatic N) is 3. The average Bonchev–Trinajstić information content (AvgIpc) is 2.85. The lowest BCUT2D eigenvalue weighted by Crippen LogP contribution is -2.35. The number of carbonyl (C=O) groups excluding carboxylic acids is 1. The third-order valence-corrected chi connectivity index (χ3v) is 3.34. The highest BCUT2D eigenvalue weighted by Gasteiger charge is 2.17. The second kappa shape index (κ2) is 6.74. The molecule has 0 aliphatic carbocycles. The maximum atomic E-state index is 12.3. The van der Waals surface area contributed by atoms with Crippen LogP contribution in [0.4, 0.5) is 0 Å². The van der Waals surface area contributed by atoms with Gasteiger partial charge in [-0.2, -0.15) is 5.10 Å². The highest BCUT2D eigenvalue weighted by Crippen LogP contribution is 2.18. The summed E-state index contributed by atoms with van der Waals surface area (Å²) in [7, 11) is 5.73. The van der Waals surface area contributed by atoms with Crippen molar-refractivity contribution in [3.63, 3.8) is 0 Å². The number of halogens is 1. The zero-order valence-electron chi connectivity index (χ0n) is 12.4. The minimum atomic E-state index is -0.134. The van der Waals surface area contributed by atoms with Crippen LogP contribution >= 0.6 is 11.6 Å². The fourth-order valence-electron chi connectivity index (χ4n) is 2.07. The number of likely N-dealkylation sites (N-methyl/N-ethyl adjacent to an activating group) is 1. The van der Waals surface area contributed by atoms with Crippen LogP contribution in [0.3, 0.4) is 0 Å². The molecular formula is C15H19ClN4O. The number of rotatable bonds is 5. The van der Waals surface area contributed by atoms with Crippen molar-refractivity contribution in [2.75, 3.05) is 20.6 Å². The summed E-state index contributed by atoms with van der Waals surface area (Å²) in [5.74, 6) is -0.134. The SMILES string of the molecule is CN(C)C[C@@H](NC(=O)c1cnn(C)c1)c1ccc(Cl)cc1. The third-order valence-electron chi connectivity index (χ3n) is 3.09. The van der Waals surface area contributed by atoms with Crippen molar-refractivity contribution in [1.82, 2.24) is 20.0 Å². The van der Waals surface area contributed by atoms with Gasteiger partial charge >= 0.3 is 0 Å². The molecule has 112 valence electrons. The van der Waals surface area contributed by atoms with Crippen molar-refractivity contribution >= 4 is 17.5 Å². The fourth-order valence-corrected chi connectivity index (χ4v) is 2.20. The summed E-state index contributed by atoms with van der Waals surface area (Å²) in [5.41, 5.74) is 1.57. The van der Waals surface area contributed by atoms with Crippen LogP contribution in [0.1, 0.15) is 22.0 Å². The highest BCUT2D eigenvalue weighted by atomic mass is 35.5. The van der Waals surface area contributed by atoms with Crippen LogP contribution < -0.4 is 5.32 Å². The minimum absolute atomic E-state index is 0.107. The van der Waals surface area contributed by atoms with E-state index in [0.717, 1.165) is 5.56 Å². The van der Waals surface area contributed by atoms with Gasteiger partial charge in [-0.1, -0.05) is 23.7 Å². The molecule has 0 aliphatic rings. The molecule has 0 aliphatic heterocycles. The Morgan fingerprint density at radius 3 is 2.57 bits per heavy atom. The Hall–Kier alpha value is -1.85. The topological polar surface area (TPSA) is 50.2 Å². The number of amides is 1. The van der Waals surface area contributed by atoms with E-state index in [0.29, 0.717) is 17.1 Å². The first-order valence-corrected chi connectivity index (χ1v) is 7.03. The van der Waals surface area contributed by atoms with E-state index >= 15 is 0 Å². The number of aryl methyl sites for hydroxylation is 1. The molecule has 2 rings (SSSR count). The van der Waals surface area contributed by atoms with Gasteiger partial charge in [0, 0.05) is 24.8 Å². The van der Waals surface area contributed by atoms with E-state index < -0.39 is 0 Å². The Morgan fingerprint density at radius 1 is 1.38 bits per heavy atom. The van der Waals surface area contributed by atoms with E-state index in [-0.39, 0.29) is 11.9 Å².